The molecule has 0 aliphatic carbocycles. The molecule has 1 amide bonds. The highest BCUT2D eigenvalue weighted by molar-refractivity contribution is 5.91. The lowest BCUT2D eigenvalue weighted by Gasteiger charge is -2.16. The second-order valence-electron chi connectivity index (χ2n) is 8.48. The number of aromatic amines is 1. The number of nitrogens with zero attached hydrogens (tertiary/aromatic N) is 2. The third-order valence-electron chi connectivity index (χ3n) is 6.16. The molecule has 5 rings (SSSR count). The number of benzene rings is 3. The first-order valence-corrected chi connectivity index (χ1v) is 11.4. The number of hydrogen-bond donors (Lipinski definition) is 4. The summed E-state index contributed by atoms with van der Waals surface area (Å²) >= 11 is 0. The largest absolute Gasteiger partial charge is 0.481 e. The molecule has 0 fully saturated rings. The normalized spacial score (nSPS) is 12.9. The molecule has 10 heteroatoms. The van der Waals surface area contributed by atoms with E-state index in [0.717, 1.165) is 21.1 Å². The fourth-order valence-corrected chi connectivity index (χ4v) is 4.56. The average Bonchev–Trinajstić information content (AvgIpc) is 3.47. The number of ether oxygens (including phenoxy) is 1. The van der Waals surface area contributed by atoms with E-state index in [0.29, 0.717) is 16.6 Å². The van der Waals surface area contributed by atoms with E-state index >= 15 is 0 Å². The number of primary amides is 1. The Morgan fingerprint density at radius 3 is 2.43 bits per heavy atom. The van der Waals surface area contributed by atoms with Gasteiger partial charge in [-0.2, -0.15) is 0 Å². The summed E-state index contributed by atoms with van der Waals surface area (Å²) in [7, 11) is 0. The lowest BCUT2D eigenvalue weighted by atomic mass is 9.88. The molecule has 0 radical (unpaired) electrons. The Balaban J connectivity index is 1.52. The monoisotopic (exact) mass is 498 g/mol. The molecule has 0 spiro atoms. The minimum Gasteiger partial charge on any atom is -0.481 e. The molecule has 186 valence electrons. The Bertz CT molecular complexity index is 1640. The number of carbonyl (C=O) groups is 3. The molecule has 0 saturated heterocycles. The second-order valence-corrected chi connectivity index (χ2v) is 8.48. The summed E-state index contributed by atoms with van der Waals surface area (Å²) in [4.78, 5) is 43.4. The number of aromatic nitrogens is 3. The van der Waals surface area contributed by atoms with E-state index in [1.807, 2.05) is 30.3 Å². The van der Waals surface area contributed by atoms with Crippen LogP contribution < -0.4 is 10.5 Å². The third kappa shape index (κ3) is 4.47. The summed E-state index contributed by atoms with van der Waals surface area (Å²) in [5.74, 6) is -2.60. The van der Waals surface area contributed by atoms with Crippen molar-refractivity contribution in [3.05, 3.63) is 95.9 Å². The van der Waals surface area contributed by atoms with Gasteiger partial charge in [0.25, 0.3) is 6.10 Å². The zero-order valence-corrected chi connectivity index (χ0v) is 19.4. The number of nitrogens with one attached hydrogen (secondary N) is 1. The number of para-hydroxylation sites is 2. The first-order chi connectivity index (χ1) is 17.8. The highest BCUT2D eigenvalue weighted by Gasteiger charge is 2.31. The third-order valence-corrected chi connectivity index (χ3v) is 6.16. The lowest BCUT2D eigenvalue weighted by molar-refractivity contribution is -0.145. The molecule has 0 saturated carbocycles. The van der Waals surface area contributed by atoms with E-state index in [2.05, 4.69) is 9.97 Å². The smallest absolute Gasteiger partial charge is 0.352 e. The number of hydrogen-bond acceptors (Lipinski definition) is 5. The topological polar surface area (TPSA) is 161 Å². The van der Waals surface area contributed by atoms with Gasteiger partial charge < -0.3 is 25.7 Å². The predicted molar refractivity (Wildman–Crippen MR) is 135 cm³/mol. The summed E-state index contributed by atoms with van der Waals surface area (Å²) in [5, 5.41) is 20.2. The highest BCUT2D eigenvalue weighted by Crippen LogP contribution is 2.35. The minimum atomic E-state index is -1.61. The summed E-state index contributed by atoms with van der Waals surface area (Å²) in [6.45, 7) is 0. The van der Waals surface area contributed by atoms with Gasteiger partial charge in [-0.15, -0.1) is 0 Å². The molecule has 3 aromatic carbocycles. The standard InChI is InChI=1S/C27H22N4O6/c28-27(36)31-22-9-5-4-8-20(22)30-25(31)24(26(34)35)37-16-10-11-17-19(14-29-21(17)12-16)18(13-23(32)33)15-6-2-1-3-7-15/h1-12,14,18,24,29H,13H2,(H2,28,36)(H,32,33)(H,34,35). The first kappa shape index (κ1) is 23.6. The van der Waals surface area contributed by atoms with E-state index in [1.165, 1.54) is 0 Å². The highest BCUT2D eigenvalue weighted by atomic mass is 16.5. The van der Waals surface area contributed by atoms with Gasteiger partial charge in [0.05, 0.1) is 17.5 Å². The maximum Gasteiger partial charge on any atom is 0.352 e. The van der Waals surface area contributed by atoms with Crippen LogP contribution >= 0.6 is 0 Å². The summed E-state index contributed by atoms with van der Waals surface area (Å²) < 4.78 is 6.83. The summed E-state index contributed by atoms with van der Waals surface area (Å²) in [6, 6.07) is 20.1. The molecule has 5 N–H and O–H groups in total. The fourth-order valence-electron chi connectivity index (χ4n) is 4.56. The molecule has 37 heavy (non-hydrogen) atoms. The summed E-state index contributed by atoms with van der Waals surface area (Å²) in [5.41, 5.74) is 8.59. The van der Waals surface area contributed by atoms with Gasteiger partial charge in [-0.05, 0) is 35.4 Å². The maximum absolute atomic E-state index is 12.2. The van der Waals surface area contributed by atoms with Gasteiger partial charge in [-0.25, -0.2) is 19.1 Å². The van der Waals surface area contributed by atoms with Crippen molar-refractivity contribution < 1.29 is 29.3 Å². The molecule has 0 bridgehead atoms. The van der Waals surface area contributed by atoms with Gasteiger partial charge in [0.1, 0.15) is 5.75 Å². The van der Waals surface area contributed by atoms with Crippen molar-refractivity contribution in [3.8, 4) is 5.75 Å². The molecule has 2 unspecified atom stereocenters. The molecular formula is C27H22N4O6. The molecule has 2 atom stereocenters. The Labute approximate surface area is 209 Å². The maximum atomic E-state index is 12.2. The zero-order chi connectivity index (χ0) is 26.1. The quantitative estimate of drug-likeness (QED) is 0.249. The van der Waals surface area contributed by atoms with E-state index in [4.69, 9.17) is 10.5 Å². The van der Waals surface area contributed by atoms with Crippen LogP contribution in [0.4, 0.5) is 4.79 Å². The molecule has 0 aliphatic rings. The van der Waals surface area contributed by atoms with Gasteiger partial charge >= 0.3 is 18.0 Å². The molecule has 2 heterocycles. The number of nitrogens with two attached hydrogens (primary N) is 1. The summed E-state index contributed by atoms with van der Waals surface area (Å²) in [6.07, 6.45) is 0.0338. The number of H-pyrrole nitrogens is 1. The van der Waals surface area contributed by atoms with Gasteiger partial charge in [0.2, 0.25) is 0 Å². The predicted octanol–water partition coefficient (Wildman–Crippen LogP) is 4.26. The molecular weight excluding hydrogens is 476 g/mol. The van der Waals surface area contributed by atoms with Crippen LogP contribution in [-0.4, -0.2) is 42.7 Å². The van der Waals surface area contributed by atoms with E-state index in [-0.39, 0.29) is 23.9 Å². The van der Waals surface area contributed by atoms with Crippen molar-refractivity contribution in [2.24, 2.45) is 5.73 Å². The Hall–Kier alpha value is -5.12. The zero-order valence-electron chi connectivity index (χ0n) is 19.4. The van der Waals surface area contributed by atoms with Crippen LogP contribution in [-0.2, 0) is 9.59 Å². The van der Waals surface area contributed by atoms with Gasteiger partial charge in [-0.3, -0.25) is 4.79 Å². The number of fused-ring (bicyclic) bond motifs is 2. The van der Waals surface area contributed by atoms with Crippen LogP contribution in [0.25, 0.3) is 21.9 Å². The van der Waals surface area contributed by atoms with Crippen molar-refractivity contribution in [1.29, 1.82) is 0 Å². The van der Waals surface area contributed by atoms with E-state index < -0.39 is 24.1 Å². The first-order valence-electron chi connectivity index (χ1n) is 11.4. The van der Waals surface area contributed by atoms with Crippen LogP contribution in [0.15, 0.2) is 79.0 Å². The van der Waals surface area contributed by atoms with Gasteiger partial charge in [0.15, 0.2) is 5.82 Å². The number of carboxylic acids is 2. The minimum absolute atomic E-state index is 0.0976. The Morgan fingerprint density at radius 1 is 1.00 bits per heavy atom. The van der Waals surface area contributed by atoms with Crippen molar-refractivity contribution >= 4 is 39.9 Å². The number of carboxylic acid groups (broad SMARTS) is 2. The van der Waals surface area contributed by atoms with Crippen LogP contribution in [0, 0.1) is 0 Å². The number of rotatable bonds is 8. The molecule has 10 nitrogen and oxygen atoms in total. The van der Waals surface area contributed by atoms with Crippen LogP contribution in [0.2, 0.25) is 0 Å². The van der Waals surface area contributed by atoms with Crippen molar-refractivity contribution in [1.82, 2.24) is 14.5 Å². The van der Waals surface area contributed by atoms with Crippen molar-refractivity contribution in [3.63, 3.8) is 0 Å². The number of amides is 1. The van der Waals surface area contributed by atoms with Gasteiger partial charge in [-0.1, -0.05) is 42.5 Å². The SMILES string of the molecule is NC(=O)n1c(C(Oc2ccc3c(C(CC(=O)O)c4ccccc4)c[nH]c3c2)C(=O)O)nc2ccccc21. The van der Waals surface area contributed by atoms with Crippen LogP contribution in [0.5, 0.6) is 5.75 Å². The number of aliphatic carboxylic acids is 2. The van der Waals surface area contributed by atoms with Crippen molar-refractivity contribution in [2.45, 2.75) is 18.4 Å². The van der Waals surface area contributed by atoms with E-state index in [9.17, 15) is 24.6 Å². The molecule has 5 aromatic rings. The van der Waals surface area contributed by atoms with Gasteiger partial charge in [0, 0.05) is 29.1 Å². The lowest BCUT2D eigenvalue weighted by Crippen LogP contribution is -2.28. The van der Waals surface area contributed by atoms with Crippen LogP contribution in [0.3, 0.4) is 0 Å². The Morgan fingerprint density at radius 2 is 1.73 bits per heavy atom. The fraction of sp³-hybridized carbons (Fsp3) is 0.111. The molecule has 2 aromatic heterocycles. The molecule has 0 aliphatic heterocycles. The number of imidazole rings is 1. The number of carbonyl (C=O) groups excluding carboxylic acids is 1. The average molecular weight is 498 g/mol. The second kappa shape index (κ2) is 9.50. The van der Waals surface area contributed by atoms with Crippen LogP contribution in [0.1, 0.15) is 35.4 Å². The van der Waals surface area contributed by atoms with E-state index in [1.54, 1.807) is 48.7 Å². The van der Waals surface area contributed by atoms with Crippen molar-refractivity contribution in [2.75, 3.05) is 0 Å². The Kier molecular flexibility index (Phi) is 6.06.